The Morgan fingerprint density at radius 2 is 1.78 bits per heavy atom. The molecule has 3 amide bonds. The zero-order chi connectivity index (χ0) is 20.0. The molecule has 0 saturated carbocycles. The van der Waals surface area contributed by atoms with Crippen molar-refractivity contribution in [2.24, 2.45) is 11.8 Å². The summed E-state index contributed by atoms with van der Waals surface area (Å²) in [6, 6.07) is 6.45. The molecular weight excluding hydrogens is 342 g/mol. The lowest BCUT2D eigenvalue weighted by atomic mass is 10.1. The highest BCUT2D eigenvalue weighted by atomic mass is 16.2. The molecule has 6 nitrogen and oxygen atoms in total. The largest absolute Gasteiger partial charge is 0.354 e. The van der Waals surface area contributed by atoms with E-state index in [1.807, 2.05) is 13.8 Å². The first kappa shape index (κ1) is 20.9. The van der Waals surface area contributed by atoms with E-state index in [9.17, 15) is 14.4 Å². The van der Waals surface area contributed by atoms with Gasteiger partial charge in [-0.2, -0.15) is 0 Å². The summed E-state index contributed by atoms with van der Waals surface area (Å²) in [5.74, 6) is 0.152. The van der Waals surface area contributed by atoms with Gasteiger partial charge in [-0.3, -0.25) is 14.4 Å². The first-order chi connectivity index (χ1) is 12.8. The molecule has 0 aromatic heterocycles. The van der Waals surface area contributed by atoms with Crippen molar-refractivity contribution in [3.63, 3.8) is 0 Å². The Morgan fingerprint density at radius 3 is 2.37 bits per heavy atom. The Morgan fingerprint density at radius 1 is 1.11 bits per heavy atom. The van der Waals surface area contributed by atoms with Crippen LogP contribution in [0.5, 0.6) is 0 Å². The molecular formula is C21H31N3O3. The molecule has 1 saturated heterocycles. The number of benzene rings is 1. The van der Waals surface area contributed by atoms with E-state index in [1.165, 1.54) is 0 Å². The monoisotopic (exact) mass is 373 g/mol. The number of hydrogen-bond donors (Lipinski definition) is 2. The molecule has 1 aliphatic heterocycles. The first-order valence-electron chi connectivity index (χ1n) is 9.79. The summed E-state index contributed by atoms with van der Waals surface area (Å²) >= 11 is 0. The molecule has 1 fully saturated rings. The summed E-state index contributed by atoms with van der Waals surface area (Å²) in [6.45, 7) is 9.11. The van der Waals surface area contributed by atoms with Gasteiger partial charge in [0, 0.05) is 30.3 Å². The van der Waals surface area contributed by atoms with Gasteiger partial charge in [0.25, 0.3) is 5.91 Å². The number of amides is 3. The van der Waals surface area contributed by atoms with E-state index in [-0.39, 0.29) is 23.6 Å². The fourth-order valence-electron chi connectivity index (χ4n) is 3.03. The Balaban J connectivity index is 1.98. The average Bonchev–Trinajstić information content (AvgIpc) is 3.11. The minimum Gasteiger partial charge on any atom is -0.354 e. The number of anilines is 1. The molecule has 0 unspecified atom stereocenters. The molecule has 0 radical (unpaired) electrons. The quantitative estimate of drug-likeness (QED) is 0.771. The molecule has 6 heteroatoms. The predicted octanol–water partition coefficient (Wildman–Crippen LogP) is 3.05. The SMILES string of the molecule is CC(C)CCNC(=O)[C@@H]1CCCN1C(=O)c1ccc(NC(=O)C(C)C)cc1. The van der Waals surface area contributed by atoms with Crippen LogP contribution in [0.2, 0.25) is 0 Å². The van der Waals surface area contributed by atoms with Crippen molar-refractivity contribution < 1.29 is 14.4 Å². The van der Waals surface area contributed by atoms with E-state index < -0.39 is 6.04 Å². The summed E-state index contributed by atoms with van der Waals surface area (Å²) in [5, 5.41) is 5.76. The van der Waals surface area contributed by atoms with Crippen LogP contribution in [0.15, 0.2) is 24.3 Å². The lowest BCUT2D eigenvalue weighted by Gasteiger charge is -2.24. The third-order valence-corrected chi connectivity index (χ3v) is 4.76. The Labute approximate surface area is 161 Å². The van der Waals surface area contributed by atoms with Crippen LogP contribution in [0.25, 0.3) is 0 Å². The summed E-state index contributed by atoms with van der Waals surface area (Å²) in [6.07, 6.45) is 2.45. The lowest BCUT2D eigenvalue weighted by Crippen LogP contribution is -2.46. The number of rotatable bonds is 7. The number of carbonyl (C=O) groups is 3. The van der Waals surface area contributed by atoms with E-state index in [2.05, 4.69) is 24.5 Å². The van der Waals surface area contributed by atoms with Crippen LogP contribution >= 0.6 is 0 Å². The molecule has 148 valence electrons. The normalized spacial score (nSPS) is 16.7. The van der Waals surface area contributed by atoms with Crippen molar-refractivity contribution in [2.75, 3.05) is 18.4 Å². The van der Waals surface area contributed by atoms with Gasteiger partial charge < -0.3 is 15.5 Å². The Bertz CT molecular complexity index is 668. The van der Waals surface area contributed by atoms with Gasteiger partial charge >= 0.3 is 0 Å². The van der Waals surface area contributed by atoms with Crippen LogP contribution in [-0.2, 0) is 9.59 Å². The van der Waals surface area contributed by atoms with Gasteiger partial charge in [0.2, 0.25) is 11.8 Å². The maximum Gasteiger partial charge on any atom is 0.254 e. The smallest absolute Gasteiger partial charge is 0.254 e. The van der Waals surface area contributed by atoms with Crippen molar-refractivity contribution in [3.05, 3.63) is 29.8 Å². The second-order valence-corrected chi connectivity index (χ2v) is 7.85. The molecule has 1 aromatic carbocycles. The zero-order valence-corrected chi connectivity index (χ0v) is 16.7. The van der Waals surface area contributed by atoms with E-state index in [1.54, 1.807) is 29.2 Å². The number of hydrogen-bond acceptors (Lipinski definition) is 3. The van der Waals surface area contributed by atoms with Crippen molar-refractivity contribution in [3.8, 4) is 0 Å². The molecule has 0 bridgehead atoms. The van der Waals surface area contributed by atoms with Gasteiger partial charge in [-0.1, -0.05) is 27.7 Å². The molecule has 1 heterocycles. The van der Waals surface area contributed by atoms with Crippen molar-refractivity contribution >= 4 is 23.4 Å². The van der Waals surface area contributed by atoms with E-state index >= 15 is 0 Å². The summed E-state index contributed by atoms with van der Waals surface area (Å²) in [5.41, 5.74) is 1.19. The van der Waals surface area contributed by atoms with Crippen molar-refractivity contribution in [1.82, 2.24) is 10.2 Å². The average molecular weight is 373 g/mol. The molecule has 1 atom stereocenters. The number of nitrogens with zero attached hydrogens (tertiary/aromatic N) is 1. The van der Waals surface area contributed by atoms with Gasteiger partial charge in [0.15, 0.2) is 0 Å². The minimum absolute atomic E-state index is 0.0632. The Hall–Kier alpha value is -2.37. The third-order valence-electron chi connectivity index (χ3n) is 4.76. The van der Waals surface area contributed by atoms with Gasteiger partial charge in [0.1, 0.15) is 6.04 Å². The molecule has 2 rings (SSSR count). The topological polar surface area (TPSA) is 78.5 Å². The fourth-order valence-corrected chi connectivity index (χ4v) is 3.03. The zero-order valence-electron chi connectivity index (χ0n) is 16.7. The van der Waals surface area contributed by atoms with Crippen LogP contribution in [0.3, 0.4) is 0 Å². The van der Waals surface area contributed by atoms with Crippen molar-refractivity contribution in [1.29, 1.82) is 0 Å². The first-order valence-corrected chi connectivity index (χ1v) is 9.79. The second-order valence-electron chi connectivity index (χ2n) is 7.85. The summed E-state index contributed by atoms with van der Waals surface area (Å²) < 4.78 is 0. The maximum atomic E-state index is 12.8. The third kappa shape index (κ3) is 5.81. The molecule has 1 aromatic rings. The van der Waals surface area contributed by atoms with Crippen LogP contribution in [0.1, 0.15) is 57.3 Å². The predicted molar refractivity (Wildman–Crippen MR) is 106 cm³/mol. The highest BCUT2D eigenvalue weighted by molar-refractivity contribution is 5.99. The minimum atomic E-state index is -0.398. The van der Waals surface area contributed by atoms with Gasteiger partial charge in [0.05, 0.1) is 0 Å². The summed E-state index contributed by atoms with van der Waals surface area (Å²) in [7, 11) is 0. The van der Waals surface area contributed by atoms with E-state index in [4.69, 9.17) is 0 Å². The summed E-state index contributed by atoms with van der Waals surface area (Å²) in [4.78, 5) is 38.7. The Kier molecular flexibility index (Phi) is 7.39. The van der Waals surface area contributed by atoms with Crippen molar-refractivity contribution in [2.45, 2.75) is 53.0 Å². The maximum absolute atomic E-state index is 12.8. The van der Waals surface area contributed by atoms with E-state index in [0.29, 0.717) is 36.7 Å². The lowest BCUT2D eigenvalue weighted by molar-refractivity contribution is -0.124. The van der Waals surface area contributed by atoms with Gasteiger partial charge in [-0.15, -0.1) is 0 Å². The van der Waals surface area contributed by atoms with E-state index in [0.717, 1.165) is 12.8 Å². The van der Waals surface area contributed by atoms with Crippen LogP contribution in [0.4, 0.5) is 5.69 Å². The highest BCUT2D eigenvalue weighted by Crippen LogP contribution is 2.21. The molecule has 2 N–H and O–H groups in total. The molecule has 1 aliphatic rings. The second kappa shape index (κ2) is 9.53. The molecule has 0 aliphatic carbocycles. The van der Waals surface area contributed by atoms with Crippen LogP contribution in [0, 0.1) is 11.8 Å². The standard InChI is InChI=1S/C21H31N3O3/c1-14(2)11-12-22-20(26)18-6-5-13-24(18)21(27)16-7-9-17(10-8-16)23-19(25)15(3)4/h7-10,14-15,18H,5-6,11-13H2,1-4H3,(H,22,26)(H,23,25)/t18-/m0/s1. The number of nitrogens with one attached hydrogen (secondary N) is 2. The molecule has 0 spiro atoms. The highest BCUT2D eigenvalue weighted by Gasteiger charge is 2.34. The fraction of sp³-hybridized carbons (Fsp3) is 0.571. The van der Waals surface area contributed by atoms with Gasteiger partial charge in [-0.05, 0) is 49.4 Å². The van der Waals surface area contributed by atoms with Crippen LogP contribution < -0.4 is 10.6 Å². The molecule has 27 heavy (non-hydrogen) atoms. The number of carbonyl (C=O) groups excluding carboxylic acids is 3. The van der Waals surface area contributed by atoms with Gasteiger partial charge in [-0.25, -0.2) is 0 Å². The number of likely N-dealkylation sites (tertiary alicyclic amines) is 1. The van der Waals surface area contributed by atoms with Crippen LogP contribution in [-0.4, -0.2) is 41.8 Å².